The highest BCUT2D eigenvalue weighted by Gasteiger charge is 2.16. The van der Waals surface area contributed by atoms with Gasteiger partial charge in [0.25, 0.3) is 0 Å². The van der Waals surface area contributed by atoms with Gasteiger partial charge >= 0.3 is 5.69 Å². The fraction of sp³-hybridized carbons (Fsp3) is 0.500. The first-order valence-electron chi connectivity index (χ1n) is 5.79. The number of benzene rings is 1. The molecule has 1 saturated heterocycles. The van der Waals surface area contributed by atoms with Crippen LogP contribution in [-0.2, 0) is 16.1 Å². The van der Waals surface area contributed by atoms with Gasteiger partial charge in [-0.3, -0.25) is 10.1 Å². The van der Waals surface area contributed by atoms with Crippen LogP contribution in [0.2, 0.25) is 0 Å². The van der Waals surface area contributed by atoms with Crippen molar-refractivity contribution in [2.75, 3.05) is 13.2 Å². The molecule has 6 heteroatoms. The summed E-state index contributed by atoms with van der Waals surface area (Å²) >= 11 is 0. The van der Waals surface area contributed by atoms with Gasteiger partial charge in [-0.25, -0.2) is 0 Å². The Morgan fingerprint density at radius 1 is 1.44 bits per heavy atom. The molecule has 2 rings (SSSR count). The highest BCUT2D eigenvalue weighted by atomic mass is 19.1. The van der Waals surface area contributed by atoms with Crippen molar-refractivity contribution < 1.29 is 18.8 Å². The maximum atomic E-state index is 13.3. The van der Waals surface area contributed by atoms with E-state index in [0.717, 1.165) is 25.0 Å². The van der Waals surface area contributed by atoms with Gasteiger partial charge in [0.2, 0.25) is 5.82 Å². The average Bonchev–Trinajstić information content (AvgIpc) is 2.37. The second-order valence-corrected chi connectivity index (χ2v) is 4.17. The minimum absolute atomic E-state index is 0.122. The summed E-state index contributed by atoms with van der Waals surface area (Å²) in [4.78, 5) is 9.72. The molecule has 0 bridgehead atoms. The number of hydrogen-bond donors (Lipinski definition) is 0. The molecule has 0 spiro atoms. The summed E-state index contributed by atoms with van der Waals surface area (Å²) in [6, 6.07) is 3.83. The van der Waals surface area contributed by atoms with E-state index in [1.54, 1.807) is 0 Å². The van der Waals surface area contributed by atoms with E-state index < -0.39 is 16.4 Å². The lowest BCUT2D eigenvalue weighted by Gasteiger charge is -2.22. The number of nitrogens with zero attached hydrogens (tertiary/aromatic N) is 1. The van der Waals surface area contributed by atoms with E-state index in [1.807, 2.05) is 0 Å². The molecule has 18 heavy (non-hydrogen) atoms. The van der Waals surface area contributed by atoms with Crippen molar-refractivity contribution in [2.45, 2.75) is 25.6 Å². The number of nitro groups is 1. The average molecular weight is 255 g/mol. The second kappa shape index (κ2) is 5.88. The van der Waals surface area contributed by atoms with E-state index in [9.17, 15) is 14.5 Å². The zero-order chi connectivity index (χ0) is 13.0. The predicted octanol–water partition coefficient (Wildman–Crippen LogP) is 2.43. The topological polar surface area (TPSA) is 61.6 Å². The Balaban J connectivity index is 1.93. The molecule has 0 unspecified atom stereocenters. The number of rotatable bonds is 4. The monoisotopic (exact) mass is 255 g/mol. The Morgan fingerprint density at radius 2 is 2.17 bits per heavy atom. The van der Waals surface area contributed by atoms with Crippen molar-refractivity contribution in [3.63, 3.8) is 0 Å². The number of halogens is 1. The summed E-state index contributed by atoms with van der Waals surface area (Å²) in [5.74, 6) is -0.826. The van der Waals surface area contributed by atoms with Crippen molar-refractivity contribution in [3.8, 4) is 0 Å². The molecule has 1 aromatic carbocycles. The van der Waals surface area contributed by atoms with Crippen LogP contribution >= 0.6 is 0 Å². The van der Waals surface area contributed by atoms with Gasteiger partial charge in [0.05, 0.1) is 17.6 Å². The molecular weight excluding hydrogens is 241 g/mol. The van der Waals surface area contributed by atoms with Crippen LogP contribution in [0, 0.1) is 15.9 Å². The summed E-state index contributed by atoms with van der Waals surface area (Å²) in [5.41, 5.74) is 0.0920. The van der Waals surface area contributed by atoms with Crippen LogP contribution in [0.3, 0.4) is 0 Å². The summed E-state index contributed by atoms with van der Waals surface area (Å²) in [5, 5.41) is 10.5. The van der Waals surface area contributed by atoms with Crippen molar-refractivity contribution >= 4 is 5.69 Å². The van der Waals surface area contributed by atoms with Gasteiger partial charge < -0.3 is 9.47 Å². The third-order valence-corrected chi connectivity index (χ3v) is 2.86. The molecule has 5 nitrogen and oxygen atoms in total. The smallest absolute Gasteiger partial charge is 0.304 e. The summed E-state index contributed by atoms with van der Waals surface area (Å²) in [7, 11) is 0. The van der Waals surface area contributed by atoms with Crippen LogP contribution in [0.15, 0.2) is 18.2 Å². The van der Waals surface area contributed by atoms with Gasteiger partial charge in [0.15, 0.2) is 0 Å². The van der Waals surface area contributed by atoms with Gasteiger partial charge in [-0.1, -0.05) is 0 Å². The lowest BCUT2D eigenvalue weighted by atomic mass is 10.1. The Bertz CT molecular complexity index is 432. The first kappa shape index (κ1) is 12.9. The molecule has 98 valence electrons. The third-order valence-electron chi connectivity index (χ3n) is 2.86. The van der Waals surface area contributed by atoms with Gasteiger partial charge in [-0.05, 0) is 30.5 Å². The molecule has 1 aromatic rings. The molecular formula is C12H14FNO4. The molecule has 1 heterocycles. The lowest BCUT2D eigenvalue weighted by molar-refractivity contribution is -0.387. The highest BCUT2D eigenvalue weighted by molar-refractivity contribution is 5.34. The van der Waals surface area contributed by atoms with E-state index in [2.05, 4.69) is 0 Å². The molecule has 1 fully saturated rings. The number of nitro benzene ring substituents is 1. The second-order valence-electron chi connectivity index (χ2n) is 4.17. The van der Waals surface area contributed by atoms with Crippen LogP contribution in [-0.4, -0.2) is 24.2 Å². The van der Waals surface area contributed by atoms with Crippen LogP contribution < -0.4 is 0 Å². The van der Waals surface area contributed by atoms with E-state index in [-0.39, 0.29) is 12.7 Å². The van der Waals surface area contributed by atoms with Gasteiger partial charge in [-0.15, -0.1) is 0 Å². The number of hydrogen-bond acceptors (Lipinski definition) is 4. The largest absolute Gasteiger partial charge is 0.381 e. The molecule has 0 aromatic heterocycles. The quantitative estimate of drug-likeness (QED) is 0.612. The Kier molecular flexibility index (Phi) is 4.22. The summed E-state index contributed by atoms with van der Waals surface area (Å²) in [6.45, 7) is 1.62. The van der Waals surface area contributed by atoms with Crippen LogP contribution in [0.25, 0.3) is 0 Å². The van der Waals surface area contributed by atoms with E-state index in [0.29, 0.717) is 18.8 Å². The highest BCUT2D eigenvalue weighted by Crippen LogP contribution is 2.19. The Hall–Kier alpha value is -1.53. The van der Waals surface area contributed by atoms with Gasteiger partial charge in [0.1, 0.15) is 0 Å². The van der Waals surface area contributed by atoms with Crippen LogP contribution in [0.4, 0.5) is 10.1 Å². The van der Waals surface area contributed by atoms with Crippen molar-refractivity contribution in [3.05, 3.63) is 39.7 Å². The zero-order valence-corrected chi connectivity index (χ0v) is 9.80. The maximum Gasteiger partial charge on any atom is 0.304 e. The SMILES string of the molecule is O=[N+]([O-])c1ccc(COC2CCOCC2)cc1F. The summed E-state index contributed by atoms with van der Waals surface area (Å²) in [6.07, 6.45) is 1.78. The van der Waals surface area contributed by atoms with Gasteiger partial charge in [-0.2, -0.15) is 4.39 Å². The molecule has 0 aliphatic carbocycles. The molecule has 0 saturated carbocycles. The standard InChI is InChI=1S/C12H14FNO4/c13-11-7-9(1-2-12(11)14(15)16)8-18-10-3-5-17-6-4-10/h1-2,7,10H,3-6,8H2. The Labute approximate surface area is 104 Å². The third kappa shape index (κ3) is 3.24. The van der Waals surface area contributed by atoms with Crippen LogP contribution in [0.5, 0.6) is 0 Å². The van der Waals surface area contributed by atoms with E-state index in [4.69, 9.17) is 9.47 Å². The van der Waals surface area contributed by atoms with Gasteiger partial charge in [0, 0.05) is 19.3 Å². The minimum Gasteiger partial charge on any atom is -0.381 e. The molecule has 0 radical (unpaired) electrons. The maximum absolute atomic E-state index is 13.3. The first-order chi connectivity index (χ1) is 8.66. The molecule has 0 atom stereocenters. The van der Waals surface area contributed by atoms with E-state index >= 15 is 0 Å². The normalized spacial score (nSPS) is 16.7. The molecule has 1 aliphatic heterocycles. The Morgan fingerprint density at radius 3 is 2.78 bits per heavy atom. The van der Waals surface area contributed by atoms with Crippen molar-refractivity contribution in [1.82, 2.24) is 0 Å². The molecule has 1 aliphatic rings. The predicted molar refractivity (Wildman–Crippen MR) is 61.7 cm³/mol. The zero-order valence-electron chi connectivity index (χ0n) is 9.80. The molecule has 0 N–H and O–H groups in total. The molecule has 0 amide bonds. The fourth-order valence-electron chi connectivity index (χ4n) is 1.84. The minimum atomic E-state index is -0.826. The first-order valence-corrected chi connectivity index (χ1v) is 5.79. The van der Waals surface area contributed by atoms with Crippen LogP contribution in [0.1, 0.15) is 18.4 Å². The summed E-state index contributed by atoms with van der Waals surface area (Å²) < 4.78 is 24.2. The van der Waals surface area contributed by atoms with Crippen molar-refractivity contribution in [1.29, 1.82) is 0 Å². The van der Waals surface area contributed by atoms with E-state index in [1.165, 1.54) is 6.07 Å². The van der Waals surface area contributed by atoms with Crippen molar-refractivity contribution in [2.24, 2.45) is 0 Å². The fourth-order valence-corrected chi connectivity index (χ4v) is 1.84. The lowest BCUT2D eigenvalue weighted by Crippen LogP contribution is -2.23. The number of ether oxygens (including phenoxy) is 2.